The molecule has 0 fully saturated rings. The van der Waals surface area contributed by atoms with E-state index in [1.165, 1.54) is 43.8 Å². The van der Waals surface area contributed by atoms with Crippen molar-refractivity contribution >= 4 is 14.1 Å². The molecule has 0 radical (unpaired) electrons. The number of benzene rings is 1. The Labute approximate surface area is 137 Å². The Kier molecular flexibility index (Phi) is 8.47. The topological polar surface area (TPSA) is 26.3 Å². The van der Waals surface area contributed by atoms with E-state index in [1.54, 1.807) is 0 Å². The average Bonchev–Trinajstić information content (AvgIpc) is 2.57. The minimum atomic E-state index is -1.69. The minimum Gasteiger partial charge on any atom is -0.543 e. The quantitative estimate of drug-likeness (QED) is 0.357. The number of hydrogen-bond donors (Lipinski definition) is 0. The molecule has 0 aliphatic rings. The molecule has 0 aromatic heterocycles. The van der Waals surface area contributed by atoms with Gasteiger partial charge in [-0.15, -0.1) is 0 Å². The van der Waals surface area contributed by atoms with Crippen molar-refractivity contribution in [1.82, 2.24) is 0 Å². The number of rotatable bonds is 11. The van der Waals surface area contributed by atoms with Gasteiger partial charge in [-0.1, -0.05) is 53.4 Å². The molecular weight excluding hydrogens is 288 g/mol. The first-order valence-corrected chi connectivity index (χ1v) is 11.5. The van der Waals surface area contributed by atoms with Gasteiger partial charge >= 0.3 is 0 Å². The van der Waals surface area contributed by atoms with Crippen molar-refractivity contribution in [1.29, 1.82) is 0 Å². The van der Waals surface area contributed by atoms with Crippen molar-refractivity contribution in [3.05, 3.63) is 29.8 Å². The molecule has 1 aromatic rings. The maximum absolute atomic E-state index is 11.7. The number of carbonyl (C=O) groups excluding carboxylic acids is 1. The summed E-state index contributed by atoms with van der Waals surface area (Å²) < 4.78 is 6.55. The summed E-state index contributed by atoms with van der Waals surface area (Å²) in [6.45, 7) is 8.68. The van der Waals surface area contributed by atoms with Gasteiger partial charge in [0.15, 0.2) is 5.78 Å². The number of hydrogen-bond acceptors (Lipinski definition) is 2. The van der Waals surface area contributed by atoms with E-state index in [4.69, 9.17) is 4.43 Å². The van der Waals surface area contributed by atoms with Gasteiger partial charge in [0.05, 0.1) is 0 Å². The summed E-state index contributed by atoms with van der Waals surface area (Å²) in [5.41, 5.74) is 0.792. The first-order valence-electron chi connectivity index (χ1n) is 8.93. The van der Waals surface area contributed by atoms with Crippen LogP contribution in [0.5, 0.6) is 5.75 Å². The first kappa shape index (κ1) is 19.0. The molecule has 3 heteroatoms. The lowest BCUT2D eigenvalue weighted by Gasteiger charge is -2.31. The molecule has 0 amide bonds. The summed E-state index contributed by atoms with van der Waals surface area (Å²) in [6, 6.07) is 11.5. The molecule has 22 heavy (non-hydrogen) atoms. The summed E-state index contributed by atoms with van der Waals surface area (Å²) in [7, 11) is -1.69. The average molecular weight is 321 g/mol. The molecule has 0 bridgehead atoms. The lowest BCUT2D eigenvalue weighted by Crippen LogP contribution is -2.40. The van der Waals surface area contributed by atoms with Crippen LogP contribution in [0.1, 0.15) is 70.2 Å². The van der Waals surface area contributed by atoms with E-state index in [9.17, 15) is 4.79 Å². The molecule has 1 aromatic carbocycles. The molecular formula is C19H32O2Si. The van der Waals surface area contributed by atoms with Crippen molar-refractivity contribution in [2.75, 3.05) is 0 Å². The predicted molar refractivity (Wildman–Crippen MR) is 97.4 cm³/mol. The SMILES string of the molecule is CCCC[Si](CC)(CCCC)Oc1ccc(C(=O)CC)cc1. The summed E-state index contributed by atoms with van der Waals surface area (Å²) in [4.78, 5) is 11.7. The predicted octanol–water partition coefficient (Wildman–Crippen LogP) is 6.22. The van der Waals surface area contributed by atoms with E-state index in [0.717, 1.165) is 11.3 Å². The highest BCUT2D eigenvalue weighted by molar-refractivity contribution is 6.74. The Balaban J connectivity index is 2.85. The monoisotopic (exact) mass is 320 g/mol. The largest absolute Gasteiger partial charge is 0.543 e. The third-order valence-corrected chi connectivity index (χ3v) is 8.93. The Morgan fingerprint density at radius 3 is 1.91 bits per heavy atom. The Morgan fingerprint density at radius 1 is 0.955 bits per heavy atom. The molecule has 0 heterocycles. The molecule has 0 saturated heterocycles. The third kappa shape index (κ3) is 5.60. The van der Waals surface area contributed by atoms with Gasteiger partial charge < -0.3 is 4.43 Å². The maximum atomic E-state index is 11.7. The number of unbranched alkanes of at least 4 members (excludes halogenated alkanes) is 2. The van der Waals surface area contributed by atoms with E-state index >= 15 is 0 Å². The molecule has 1 rings (SSSR count). The number of ketones is 1. The van der Waals surface area contributed by atoms with Crippen molar-refractivity contribution in [3.63, 3.8) is 0 Å². The van der Waals surface area contributed by atoms with Crippen LogP contribution in [0.3, 0.4) is 0 Å². The molecule has 0 unspecified atom stereocenters. The minimum absolute atomic E-state index is 0.197. The van der Waals surface area contributed by atoms with Crippen LogP contribution in [0.4, 0.5) is 0 Å². The van der Waals surface area contributed by atoms with Gasteiger partial charge in [0.1, 0.15) is 5.75 Å². The van der Waals surface area contributed by atoms with Crippen LogP contribution in [-0.2, 0) is 0 Å². The second-order valence-corrected chi connectivity index (χ2v) is 10.4. The molecule has 0 spiro atoms. The molecule has 2 nitrogen and oxygen atoms in total. The molecule has 0 aliphatic heterocycles. The summed E-state index contributed by atoms with van der Waals surface area (Å²) in [6.07, 6.45) is 5.54. The Morgan fingerprint density at radius 2 is 1.50 bits per heavy atom. The lowest BCUT2D eigenvalue weighted by molar-refractivity contribution is 0.0988. The van der Waals surface area contributed by atoms with Crippen molar-refractivity contribution in [2.24, 2.45) is 0 Å². The van der Waals surface area contributed by atoms with E-state index in [0.29, 0.717) is 6.42 Å². The maximum Gasteiger partial charge on any atom is 0.251 e. The van der Waals surface area contributed by atoms with Gasteiger partial charge in [0.2, 0.25) is 0 Å². The van der Waals surface area contributed by atoms with Gasteiger partial charge in [-0.05, 0) is 42.4 Å². The molecule has 0 saturated carbocycles. The van der Waals surface area contributed by atoms with Crippen LogP contribution in [0.2, 0.25) is 18.1 Å². The highest BCUT2D eigenvalue weighted by Gasteiger charge is 2.33. The molecule has 0 atom stereocenters. The fraction of sp³-hybridized carbons (Fsp3) is 0.632. The van der Waals surface area contributed by atoms with Gasteiger partial charge in [-0.25, -0.2) is 0 Å². The molecule has 124 valence electrons. The van der Waals surface area contributed by atoms with Crippen LogP contribution < -0.4 is 4.43 Å². The standard InChI is InChI=1S/C19H32O2Si/c1-5-9-15-22(8-4,16-10-6-2)21-18-13-11-17(12-14-18)19(20)7-3/h11-14H,5-10,15-16H2,1-4H3. The summed E-state index contributed by atoms with van der Waals surface area (Å²) in [5.74, 6) is 1.15. The Bertz CT molecular complexity index is 431. The Hall–Kier alpha value is -1.09. The fourth-order valence-corrected chi connectivity index (χ4v) is 6.75. The second-order valence-electron chi connectivity index (χ2n) is 6.15. The van der Waals surface area contributed by atoms with Crippen LogP contribution in [0.25, 0.3) is 0 Å². The highest BCUT2D eigenvalue weighted by atomic mass is 28.4. The normalized spacial score (nSPS) is 11.5. The van der Waals surface area contributed by atoms with Crippen molar-refractivity contribution < 1.29 is 9.22 Å². The summed E-state index contributed by atoms with van der Waals surface area (Å²) >= 11 is 0. The van der Waals surface area contributed by atoms with Crippen LogP contribution in [-0.4, -0.2) is 14.1 Å². The van der Waals surface area contributed by atoms with Crippen LogP contribution in [0, 0.1) is 0 Å². The highest BCUT2D eigenvalue weighted by Crippen LogP contribution is 2.29. The number of carbonyl (C=O) groups is 1. The first-order chi connectivity index (χ1) is 10.6. The van der Waals surface area contributed by atoms with Crippen LogP contribution >= 0.6 is 0 Å². The third-order valence-electron chi connectivity index (χ3n) is 4.45. The van der Waals surface area contributed by atoms with E-state index in [1.807, 2.05) is 31.2 Å². The van der Waals surface area contributed by atoms with Gasteiger partial charge in [-0.2, -0.15) is 0 Å². The van der Waals surface area contributed by atoms with E-state index < -0.39 is 8.32 Å². The molecule has 0 N–H and O–H groups in total. The smallest absolute Gasteiger partial charge is 0.251 e. The zero-order valence-electron chi connectivity index (χ0n) is 14.8. The van der Waals surface area contributed by atoms with Gasteiger partial charge in [0, 0.05) is 12.0 Å². The van der Waals surface area contributed by atoms with Crippen molar-refractivity contribution in [3.8, 4) is 5.75 Å². The second kappa shape index (κ2) is 9.83. The van der Waals surface area contributed by atoms with Crippen LogP contribution in [0.15, 0.2) is 24.3 Å². The number of Topliss-reactive ketones (excluding diaryl/α,β-unsaturated/α-hetero) is 1. The van der Waals surface area contributed by atoms with Crippen molar-refractivity contribution in [2.45, 2.75) is 77.9 Å². The van der Waals surface area contributed by atoms with E-state index in [2.05, 4.69) is 20.8 Å². The zero-order chi connectivity index (χ0) is 16.4. The summed E-state index contributed by atoms with van der Waals surface area (Å²) in [5, 5.41) is 0. The molecule has 0 aliphatic carbocycles. The van der Waals surface area contributed by atoms with Gasteiger partial charge in [0.25, 0.3) is 8.32 Å². The van der Waals surface area contributed by atoms with E-state index in [-0.39, 0.29) is 5.78 Å². The zero-order valence-corrected chi connectivity index (χ0v) is 15.8. The lowest BCUT2D eigenvalue weighted by atomic mass is 10.1. The van der Waals surface area contributed by atoms with Gasteiger partial charge in [-0.3, -0.25) is 4.79 Å². The fourth-order valence-electron chi connectivity index (χ4n) is 2.81.